The Kier molecular flexibility index (Phi) is 5.53. The van der Waals surface area contributed by atoms with Crippen LogP contribution in [0.15, 0.2) is 42.5 Å². The molecule has 2 aromatic carbocycles. The van der Waals surface area contributed by atoms with Gasteiger partial charge in [0.1, 0.15) is 5.75 Å². The highest BCUT2D eigenvalue weighted by molar-refractivity contribution is 7.99. The first kappa shape index (κ1) is 15.7. The highest BCUT2D eigenvalue weighted by Crippen LogP contribution is 2.24. The lowest BCUT2D eigenvalue weighted by Gasteiger charge is -2.08. The zero-order valence-corrected chi connectivity index (χ0v) is 13.2. The Labute approximate surface area is 133 Å². The van der Waals surface area contributed by atoms with Crippen LogP contribution in [0.3, 0.4) is 0 Å². The summed E-state index contributed by atoms with van der Waals surface area (Å²) in [5.41, 5.74) is 2.56. The van der Waals surface area contributed by atoms with Crippen LogP contribution in [0.2, 0.25) is 5.02 Å². The van der Waals surface area contributed by atoms with Crippen LogP contribution in [0, 0.1) is 6.92 Å². The Bertz CT molecular complexity index is 629. The van der Waals surface area contributed by atoms with Crippen molar-refractivity contribution in [2.75, 3.05) is 11.1 Å². The van der Waals surface area contributed by atoms with Crippen LogP contribution in [0.1, 0.15) is 11.1 Å². The summed E-state index contributed by atoms with van der Waals surface area (Å²) >= 11 is 7.33. The molecule has 110 valence electrons. The number of aryl methyl sites for hydroxylation is 1. The molecule has 0 saturated heterocycles. The second-order valence-electron chi connectivity index (χ2n) is 4.69. The van der Waals surface area contributed by atoms with E-state index in [-0.39, 0.29) is 11.7 Å². The molecule has 0 spiro atoms. The van der Waals surface area contributed by atoms with Gasteiger partial charge in [0, 0.05) is 10.8 Å². The Morgan fingerprint density at radius 1 is 1.24 bits per heavy atom. The molecule has 2 aromatic rings. The van der Waals surface area contributed by atoms with Crippen LogP contribution < -0.4 is 5.32 Å². The Balaban J connectivity index is 1.82. The number of phenolic OH excluding ortho intramolecular Hbond substituents is 1. The smallest absolute Gasteiger partial charge is 0.234 e. The number of nitrogens with one attached hydrogen (secondary N) is 1. The van der Waals surface area contributed by atoms with Gasteiger partial charge in [-0.2, -0.15) is 0 Å². The van der Waals surface area contributed by atoms with Gasteiger partial charge in [-0.15, -0.1) is 11.8 Å². The van der Waals surface area contributed by atoms with Crippen molar-refractivity contribution in [3.8, 4) is 5.75 Å². The van der Waals surface area contributed by atoms with E-state index in [4.69, 9.17) is 11.6 Å². The Morgan fingerprint density at radius 3 is 2.67 bits per heavy atom. The number of carbonyl (C=O) groups is 1. The maximum Gasteiger partial charge on any atom is 0.234 e. The minimum absolute atomic E-state index is 0.0802. The lowest BCUT2D eigenvalue weighted by molar-refractivity contribution is -0.113. The summed E-state index contributed by atoms with van der Waals surface area (Å²) in [6.07, 6.45) is 0. The number of benzene rings is 2. The van der Waals surface area contributed by atoms with Gasteiger partial charge >= 0.3 is 0 Å². The average Bonchev–Trinajstić information content (AvgIpc) is 2.45. The molecule has 0 aliphatic carbocycles. The standard InChI is InChI=1S/C16H16ClNO2S/c1-11-2-7-15(19)14(8-11)18-16(20)10-21-9-12-3-5-13(17)6-4-12/h2-8,19H,9-10H2,1H3,(H,18,20). The molecule has 0 bridgehead atoms. The molecule has 2 rings (SSSR count). The number of hydrogen-bond donors (Lipinski definition) is 2. The second-order valence-corrected chi connectivity index (χ2v) is 6.11. The van der Waals surface area contributed by atoms with Gasteiger partial charge in [0.25, 0.3) is 0 Å². The van der Waals surface area contributed by atoms with Gasteiger partial charge in [0.05, 0.1) is 11.4 Å². The van der Waals surface area contributed by atoms with Gasteiger partial charge < -0.3 is 10.4 Å². The zero-order valence-electron chi connectivity index (χ0n) is 11.6. The summed E-state index contributed by atoms with van der Waals surface area (Å²) in [6.45, 7) is 1.91. The average molecular weight is 322 g/mol. The van der Waals surface area contributed by atoms with Gasteiger partial charge in [-0.25, -0.2) is 0 Å². The van der Waals surface area contributed by atoms with Crippen molar-refractivity contribution >= 4 is 35.0 Å². The maximum absolute atomic E-state index is 11.9. The fourth-order valence-electron chi connectivity index (χ4n) is 1.78. The molecule has 0 aliphatic rings. The number of hydrogen-bond acceptors (Lipinski definition) is 3. The lowest BCUT2D eigenvalue weighted by Crippen LogP contribution is -2.14. The molecule has 0 saturated carbocycles. The van der Waals surface area contributed by atoms with Crippen molar-refractivity contribution in [1.82, 2.24) is 0 Å². The number of halogens is 1. The number of anilines is 1. The molecular formula is C16H16ClNO2S. The first-order chi connectivity index (χ1) is 10.0. The molecule has 0 atom stereocenters. The van der Waals surface area contributed by atoms with Crippen molar-refractivity contribution in [1.29, 1.82) is 0 Å². The summed E-state index contributed by atoms with van der Waals surface area (Å²) in [6, 6.07) is 12.7. The van der Waals surface area contributed by atoms with Gasteiger partial charge in [-0.3, -0.25) is 4.79 Å². The van der Waals surface area contributed by atoms with Crippen LogP contribution in [-0.4, -0.2) is 16.8 Å². The van der Waals surface area contributed by atoms with E-state index in [1.807, 2.05) is 31.2 Å². The highest BCUT2D eigenvalue weighted by Gasteiger charge is 2.07. The van der Waals surface area contributed by atoms with Crippen molar-refractivity contribution in [3.63, 3.8) is 0 Å². The summed E-state index contributed by atoms with van der Waals surface area (Å²) in [4.78, 5) is 11.9. The molecular weight excluding hydrogens is 306 g/mol. The summed E-state index contributed by atoms with van der Waals surface area (Å²) in [5.74, 6) is 1.02. The van der Waals surface area contributed by atoms with Gasteiger partial charge in [0.15, 0.2) is 0 Å². The van der Waals surface area contributed by atoms with Gasteiger partial charge in [-0.05, 0) is 42.3 Å². The first-order valence-corrected chi connectivity index (χ1v) is 7.99. The molecule has 1 amide bonds. The van der Waals surface area contributed by atoms with Gasteiger partial charge in [0.2, 0.25) is 5.91 Å². The molecule has 2 N–H and O–H groups in total. The third-order valence-corrected chi connectivity index (χ3v) is 4.10. The van der Waals surface area contributed by atoms with E-state index in [9.17, 15) is 9.90 Å². The topological polar surface area (TPSA) is 49.3 Å². The zero-order chi connectivity index (χ0) is 15.2. The van der Waals surface area contributed by atoms with Crippen LogP contribution in [0.5, 0.6) is 5.75 Å². The lowest BCUT2D eigenvalue weighted by atomic mass is 10.2. The molecule has 0 aliphatic heterocycles. The fourth-order valence-corrected chi connectivity index (χ4v) is 2.69. The quantitative estimate of drug-likeness (QED) is 0.810. The molecule has 0 aromatic heterocycles. The van der Waals surface area contributed by atoms with Crippen molar-refractivity contribution in [2.24, 2.45) is 0 Å². The first-order valence-electron chi connectivity index (χ1n) is 6.46. The van der Waals surface area contributed by atoms with Crippen LogP contribution in [0.25, 0.3) is 0 Å². The third-order valence-electron chi connectivity index (χ3n) is 2.84. The number of rotatable bonds is 5. The van der Waals surface area contributed by atoms with Crippen molar-refractivity contribution in [3.05, 3.63) is 58.6 Å². The number of thioether (sulfide) groups is 1. The minimum atomic E-state index is -0.130. The van der Waals surface area contributed by atoms with E-state index >= 15 is 0 Å². The van der Waals surface area contributed by atoms with Crippen LogP contribution in [0.4, 0.5) is 5.69 Å². The second kappa shape index (κ2) is 7.38. The number of phenols is 1. The third kappa shape index (κ3) is 4.99. The van der Waals surface area contributed by atoms with E-state index in [0.29, 0.717) is 16.5 Å². The van der Waals surface area contributed by atoms with Crippen molar-refractivity contribution < 1.29 is 9.90 Å². The summed E-state index contributed by atoms with van der Waals surface area (Å²) in [7, 11) is 0. The van der Waals surface area contributed by atoms with Crippen LogP contribution in [-0.2, 0) is 10.5 Å². The van der Waals surface area contributed by atoms with Crippen molar-refractivity contribution in [2.45, 2.75) is 12.7 Å². The highest BCUT2D eigenvalue weighted by atomic mass is 35.5. The number of amides is 1. The van der Waals surface area contributed by atoms with E-state index in [1.54, 1.807) is 18.2 Å². The van der Waals surface area contributed by atoms with Crippen LogP contribution >= 0.6 is 23.4 Å². The molecule has 0 fully saturated rings. The molecule has 0 radical (unpaired) electrons. The summed E-state index contributed by atoms with van der Waals surface area (Å²) in [5, 5.41) is 13.1. The van der Waals surface area contributed by atoms with E-state index < -0.39 is 0 Å². The molecule has 0 unspecified atom stereocenters. The fraction of sp³-hybridized carbons (Fsp3) is 0.188. The number of carbonyl (C=O) groups excluding carboxylic acids is 1. The molecule has 3 nitrogen and oxygen atoms in total. The van der Waals surface area contributed by atoms with Gasteiger partial charge in [-0.1, -0.05) is 29.8 Å². The monoisotopic (exact) mass is 321 g/mol. The Morgan fingerprint density at radius 2 is 1.95 bits per heavy atom. The predicted octanol–water partition coefficient (Wildman–Crippen LogP) is 4.23. The van der Waals surface area contributed by atoms with E-state index in [1.165, 1.54) is 11.8 Å². The predicted molar refractivity (Wildman–Crippen MR) is 89.1 cm³/mol. The largest absolute Gasteiger partial charge is 0.506 e. The Hall–Kier alpha value is -1.65. The normalized spacial score (nSPS) is 10.4. The maximum atomic E-state index is 11.9. The molecule has 21 heavy (non-hydrogen) atoms. The minimum Gasteiger partial charge on any atom is -0.506 e. The molecule has 5 heteroatoms. The summed E-state index contributed by atoms with van der Waals surface area (Å²) < 4.78 is 0. The molecule has 0 heterocycles. The SMILES string of the molecule is Cc1ccc(O)c(NC(=O)CSCc2ccc(Cl)cc2)c1. The van der Waals surface area contributed by atoms with E-state index in [0.717, 1.165) is 16.9 Å². The number of aromatic hydroxyl groups is 1. The van der Waals surface area contributed by atoms with E-state index in [2.05, 4.69) is 5.32 Å².